The van der Waals surface area contributed by atoms with Gasteiger partial charge in [-0.2, -0.15) is 0 Å². The Hall–Kier alpha value is -3.42. The Balaban J connectivity index is 2.01. The summed E-state index contributed by atoms with van der Waals surface area (Å²) >= 11 is 0. The molecule has 0 fully saturated rings. The van der Waals surface area contributed by atoms with E-state index in [-0.39, 0.29) is 12.5 Å². The lowest BCUT2D eigenvalue weighted by Crippen LogP contribution is -2.19. The normalized spacial score (nSPS) is 10.5. The second kappa shape index (κ2) is 15.5. The zero-order valence-corrected chi connectivity index (χ0v) is 22.1. The Morgan fingerprint density at radius 1 is 0.833 bits per heavy atom. The minimum absolute atomic E-state index is 0.135. The van der Waals surface area contributed by atoms with E-state index in [1.54, 1.807) is 27.1 Å². The number of rotatable bonds is 16. The number of hydrogen-bond acceptors (Lipinski definition) is 7. The van der Waals surface area contributed by atoms with E-state index in [2.05, 4.69) is 19.2 Å². The van der Waals surface area contributed by atoms with Crippen molar-refractivity contribution in [3.63, 3.8) is 0 Å². The minimum atomic E-state index is -0.397. The Kier molecular flexibility index (Phi) is 12.4. The third-order valence-electron chi connectivity index (χ3n) is 5.44. The lowest BCUT2D eigenvalue weighted by Gasteiger charge is -2.18. The summed E-state index contributed by atoms with van der Waals surface area (Å²) in [4.78, 5) is 23.9. The Morgan fingerprint density at radius 2 is 1.44 bits per heavy atom. The topological polar surface area (TPSA) is 92.3 Å². The fourth-order valence-electron chi connectivity index (χ4n) is 3.85. The van der Waals surface area contributed by atoms with Crippen molar-refractivity contribution in [1.82, 2.24) is 5.32 Å². The molecule has 1 N–H and O–H groups in total. The number of hydrogen-bond donors (Lipinski definition) is 1. The summed E-state index contributed by atoms with van der Waals surface area (Å²) in [5.74, 6) is 2.04. The zero-order valence-electron chi connectivity index (χ0n) is 22.1. The van der Waals surface area contributed by atoms with Crippen LogP contribution >= 0.6 is 0 Å². The molecule has 0 aliphatic rings. The summed E-state index contributed by atoms with van der Waals surface area (Å²) in [5.41, 5.74) is 2.32. The monoisotopic (exact) mass is 501 g/mol. The van der Waals surface area contributed by atoms with E-state index in [9.17, 15) is 9.59 Å². The second-order valence-electron chi connectivity index (χ2n) is 8.08. The van der Waals surface area contributed by atoms with Gasteiger partial charge in [0.15, 0.2) is 6.61 Å². The molecule has 0 unspecified atom stereocenters. The van der Waals surface area contributed by atoms with Gasteiger partial charge in [-0.25, -0.2) is 4.79 Å². The van der Waals surface area contributed by atoms with Crippen molar-refractivity contribution in [2.45, 2.75) is 52.9 Å². The smallest absolute Gasteiger partial charge is 0.344 e. The molecule has 0 saturated carbocycles. The van der Waals surface area contributed by atoms with E-state index in [4.69, 9.17) is 23.7 Å². The van der Waals surface area contributed by atoms with Crippen LogP contribution < -0.4 is 24.3 Å². The average Bonchev–Trinajstić information content (AvgIpc) is 2.88. The maximum absolute atomic E-state index is 12.2. The molecular weight excluding hydrogens is 462 g/mol. The van der Waals surface area contributed by atoms with E-state index in [1.165, 1.54) is 0 Å². The molecule has 0 aliphatic carbocycles. The van der Waals surface area contributed by atoms with Crippen LogP contribution in [0.15, 0.2) is 30.3 Å². The first-order valence-corrected chi connectivity index (χ1v) is 12.6. The summed E-state index contributed by atoms with van der Waals surface area (Å²) in [6.45, 7) is 7.00. The average molecular weight is 502 g/mol. The Bertz CT molecular complexity index is 990. The molecule has 0 aliphatic heterocycles. The van der Waals surface area contributed by atoms with Gasteiger partial charge in [0.05, 0.1) is 32.5 Å². The van der Waals surface area contributed by atoms with Gasteiger partial charge in [0, 0.05) is 24.6 Å². The standard InChI is InChI=1S/C28H39NO7/c1-6-11-20-23(13-9-14-24(20)36-19-26(30)33-8-3)34-17-10-18-35-25-16-15-22(28(31)29-4)27(32-5)21(25)12-7-2/h9,13-16H,6-8,10-12,17-19H2,1-5H3,(H,29,31). The van der Waals surface area contributed by atoms with Gasteiger partial charge in [-0.1, -0.05) is 32.8 Å². The van der Waals surface area contributed by atoms with Gasteiger partial charge >= 0.3 is 5.97 Å². The SMILES string of the molecule is CCCc1c(OCCCOc2ccc(C(=O)NC)c(OC)c2CCC)cccc1OCC(=O)OCC. The maximum atomic E-state index is 12.2. The molecule has 0 bridgehead atoms. The fourth-order valence-corrected chi connectivity index (χ4v) is 3.85. The predicted octanol–water partition coefficient (Wildman–Crippen LogP) is 4.75. The number of methoxy groups -OCH3 is 1. The maximum Gasteiger partial charge on any atom is 0.344 e. The summed E-state index contributed by atoms with van der Waals surface area (Å²) in [6.07, 6.45) is 3.96. The molecule has 36 heavy (non-hydrogen) atoms. The van der Waals surface area contributed by atoms with Crippen molar-refractivity contribution in [1.29, 1.82) is 0 Å². The van der Waals surface area contributed by atoms with Crippen LogP contribution in [0.5, 0.6) is 23.0 Å². The number of esters is 1. The third kappa shape index (κ3) is 8.07. The van der Waals surface area contributed by atoms with E-state index >= 15 is 0 Å². The van der Waals surface area contributed by atoms with E-state index < -0.39 is 5.97 Å². The predicted molar refractivity (Wildman–Crippen MR) is 139 cm³/mol. The summed E-state index contributed by atoms with van der Waals surface area (Å²) in [5, 5.41) is 2.65. The first-order chi connectivity index (χ1) is 17.5. The fraction of sp³-hybridized carbons (Fsp3) is 0.500. The molecule has 0 heterocycles. The van der Waals surface area contributed by atoms with Crippen LogP contribution in [0.25, 0.3) is 0 Å². The molecule has 2 aromatic rings. The van der Waals surface area contributed by atoms with Gasteiger partial charge < -0.3 is 29.0 Å². The number of ether oxygens (including phenoxy) is 5. The number of nitrogens with one attached hydrogen (secondary N) is 1. The number of carbonyl (C=O) groups excluding carboxylic acids is 2. The highest BCUT2D eigenvalue weighted by atomic mass is 16.6. The molecule has 2 aromatic carbocycles. The molecule has 0 saturated heterocycles. The van der Waals surface area contributed by atoms with Gasteiger partial charge in [0.2, 0.25) is 0 Å². The van der Waals surface area contributed by atoms with Crippen molar-refractivity contribution in [2.24, 2.45) is 0 Å². The summed E-state index contributed by atoms with van der Waals surface area (Å²) in [7, 11) is 3.16. The quantitative estimate of drug-likeness (QED) is 0.262. The highest BCUT2D eigenvalue weighted by Crippen LogP contribution is 2.34. The molecule has 198 valence electrons. The van der Waals surface area contributed by atoms with E-state index in [1.807, 2.05) is 24.3 Å². The largest absolute Gasteiger partial charge is 0.495 e. The van der Waals surface area contributed by atoms with Gasteiger partial charge in [-0.05, 0) is 44.0 Å². The van der Waals surface area contributed by atoms with Crippen molar-refractivity contribution < 1.29 is 33.3 Å². The minimum Gasteiger partial charge on any atom is -0.495 e. The molecular formula is C28H39NO7. The molecule has 8 heteroatoms. The van der Waals surface area contributed by atoms with Crippen LogP contribution in [0.2, 0.25) is 0 Å². The lowest BCUT2D eigenvalue weighted by atomic mass is 10.0. The van der Waals surface area contributed by atoms with Gasteiger partial charge in [0.25, 0.3) is 5.91 Å². The van der Waals surface area contributed by atoms with Crippen molar-refractivity contribution in [3.8, 4) is 23.0 Å². The van der Waals surface area contributed by atoms with Crippen molar-refractivity contribution in [3.05, 3.63) is 47.0 Å². The Labute approximate surface area is 214 Å². The molecule has 2 rings (SSSR count). The molecule has 0 atom stereocenters. The zero-order chi connectivity index (χ0) is 26.3. The highest BCUT2D eigenvalue weighted by molar-refractivity contribution is 5.97. The summed E-state index contributed by atoms with van der Waals surface area (Å²) in [6, 6.07) is 9.14. The number of carbonyl (C=O) groups is 2. The highest BCUT2D eigenvalue weighted by Gasteiger charge is 2.19. The van der Waals surface area contributed by atoms with Crippen LogP contribution in [-0.2, 0) is 22.4 Å². The molecule has 8 nitrogen and oxygen atoms in total. The summed E-state index contributed by atoms with van der Waals surface area (Å²) < 4.78 is 28.3. The van der Waals surface area contributed by atoms with Gasteiger partial charge in [-0.3, -0.25) is 4.79 Å². The lowest BCUT2D eigenvalue weighted by molar-refractivity contribution is -0.145. The molecule has 1 amide bonds. The Morgan fingerprint density at radius 3 is 2.03 bits per heavy atom. The van der Waals surface area contributed by atoms with Crippen LogP contribution in [0.4, 0.5) is 0 Å². The molecule has 0 spiro atoms. The van der Waals surface area contributed by atoms with Crippen LogP contribution in [0, 0.1) is 0 Å². The van der Waals surface area contributed by atoms with Crippen LogP contribution in [-0.4, -0.2) is 52.5 Å². The first kappa shape index (κ1) is 28.8. The number of amides is 1. The first-order valence-electron chi connectivity index (χ1n) is 12.6. The van der Waals surface area contributed by atoms with E-state index in [0.29, 0.717) is 49.1 Å². The van der Waals surface area contributed by atoms with Crippen molar-refractivity contribution >= 4 is 11.9 Å². The van der Waals surface area contributed by atoms with Crippen molar-refractivity contribution in [2.75, 3.05) is 40.6 Å². The molecule has 0 radical (unpaired) electrons. The van der Waals surface area contributed by atoms with Crippen LogP contribution in [0.1, 0.15) is 61.5 Å². The third-order valence-corrected chi connectivity index (χ3v) is 5.44. The van der Waals surface area contributed by atoms with Gasteiger partial charge in [-0.15, -0.1) is 0 Å². The molecule has 0 aromatic heterocycles. The van der Waals surface area contributed by atoms with E-state index in [0.717, 1.165) is 42.6 Å². The van der Waals surface area contributed by atoms with Crippen LogP contribution in [0.3, 0.4) is 0 Å². The second-order valence-corrected chi connectivity index (χ2v) is 8.08. The number of benzene rings is 2. The van der Waals surface area contributed by atoms with Gasteiger partial charge in [0.1, 0.15) is 23.0 Å².